The summed E-state index contributed by atoms with van der Waals surface area (Å²) < 4.78 is 20.6. The maximum atomic E-state index is 6.56. The van der Waals surface area contributed by atoms with Gasteiger partial charge in [-0.25, -0.2) is 0 Å². The highest BCUT2D eigenvalue weighted by Crippen LogP contribution is 2.74. The maximum absolute atomic E-state index is 6.56. The summed E-state index contributed by atoms with van der Waals surface area (Å²) in [6, 6.07) is 23.9. The first-order valence-corrected chi connectivity index (χ1v) is 14.5. The molecule has 7 heteroatoms. The van der Waals surface area contributed by atoms with Crippen molar-refractivity contribution in [3.05, 3.63) is 99.5 Å². The monoisotopic (exact) mass is 473 g/mol. The van der Waals surface area contributed by atoms with Gasteiger partial charge < -0.3 is 0 Å². The van der Waals surface area contributed by atoms with Crippen LogP contribution < -0.4 is 13.6 Å². The van der Waals surface area contributed by atoms with Gasteiger partial charge in [0.1, 0.15) is 0 Å². The zero-order valence-corrected chi connectivity index (χ0v) is 20.2. The molecule has 0 spiro atoms. The zero-order chi connectivity index (χ0) is 21.0. The Kier molecular flexibility index (Phi) is 6.89. The van der Waals surface area contributed by atoms with Crippen LogP contribution in [-0.2, 0) is 0 Å². The maximum Gasteiger partial charge on any atom is 0.588 e. The fraction of sp³-hybridized carbons (Fsp3) is 0.130. The Labute approximate surface area is 190 Å². The van der Waals surface area contributed by atoms with Crippen LogP contribution in [0.15, 0.2) is 82.9 Å². The lowest BCUT2D eigenvalue weighted by Crippen LogP contribution is -2.16. The molecule has 3 aromatic rings. The Morgan fingerprint density at radius 1 is 0.567 bits per heavy atom. The van der Waals surface area contributed by atoms with Crippen LogP contribution in [0, 0.1) is 20.8 Å². The summed E-state index contributed by atoms with van der Waals surface area (Å²) in [7, 11) is 1.99. The van der Waals surface area contributed by atoms with Crippen LogP contribution in [0.1, 0.15) is 16.7 Å². The van der Waals surface area contributed by atoms with E-state index in [2.05, 4.69) is 26.2 Å². The van der Waals surface area contributed by atoms with Gasteiger partial charge in [0.05, 0.1) is 0 Å². The van der Waals surface area contributed by atoms with Gasteiger partial charge in [-0.3, -0.25) is 13.6 Å². The summed E-state index contributed by atoms with van der Waals surface area (Å²) in [5.41, 5.74) is 3.52. The SMILES string of the molecule is Cc1ccc(O[P+](Oc2ccc(C)cc2)(Oc2ccc(C)cc2)C2=CSSS2)cc1. The molecule has 0 radical (unpaired) electrons. The standard InChI is InChI=1S/C23H22O3PS3/c1-17-4-10-20(11-5-17)24-27(23-16-28-30-29-23,25-21-12-6-18(2)7-13-21)26-22-14-8-19(3)9-15-22/h4-16H,1-3H3/q+1. The third-order valence-corrected chi connectivity index (χ3v) is 11.3. The predicted octanol–water partition coefficient (Wildman–Crippen LogP) is 8.75. The fourth-order valence-electron chi connectivity index (χ4n) is 2.65. The number of rotatable bonds is 7. The van der Waals surface area contributed by atoms with Crippen LogP contribution in [-0.4, -0.2) is 0 Å². The Balaban J connectivity index is 1.76. The largest absolute Gasteiger partial charge is 0.588 e. The van der Waals surface area contributed by atoms with Crippen molar-refractivity contribution in [2.45, 2.75) is 20.8 Å². The summed E-state index contributed by atoms with van der Waals surface area (Å²) in [4.78, 5) is 0. The minimum Gasteiger partial charge on any atom is -0.267 e. The molecule has 30 heavy (non-hydrogen) atoms. The molecule has 0 fully saturated rings. The van der Waals surface area contributed by atoms with E-state index in [1.807, 2.05) is 72.8 Å². The van der Waals surface area contributed by atoms with Crippen LogP contribution in [0.25, 0.3) is 0 Å². The molecule has 1 aliphatic rings. The van der Waals surface area contributed by atoms with Crippen LogP contribution in [0.4, 0.5) is 0 Å². The molecule has 0 bridgehead atoms. The average Bonchev–Trinajstić information content (AvgIpc) is 3.29. The van der Waals surface area contributed by atoms with Crippen molar-refractivity contribution in [2.75, 3.05) is 0 Å². The highest BCUT2D eigenvalue weighted by Gasteiger charge is 2.57. The molecule has 0 atom stereocenters. The van der Waals surface area contributed by atoms with Crippen LogP contribution in [0.5, 0.6) is 17.2 Å². The van der Waals surface area contributed by atoms with Gasteiger partial charge in [0.2, 0.25) is 0 Å². The van der Waals surface area contributed by atoms with Crippen molar-refractivity contribution < 1.29 is 13.6 Å². The quantitative estimate of drug-likeness (QED) is 0.251. The molecule has 154 valence electrons. The molecule has 0 aromatic heterocycles. The van der Waals surface area contributed by atoms with E-state index in [1.165, 1.54) is 16.7 Å². The van der Waals surface area contributed by atoms with Gasteiger partial charge in [0, 0.05) is 16.2 Å². The molecule has 1 heterocycles. The molecular formula is C23H22O3PS3+. The fourth-order valence-corrected chi connectivity index (χ4v) is 10.6. The van der Waals surface area contributed by atoms with Gasteiger partial charge in [-0.15, -0.1) is 0 Å². The third kappa shape index (κ3) is 5.30. The second kappa shape index (κ2) is 9.61. The molecule has 3 aromatic carbocycles. The van der Waals surface area contributed by atoms with E-state index in [0.717, 1.165) is 21.9 Å². The number of aryl methyl sites for hydroxylation is 3. The van der Waals surface area contributed by atoms with E-state index in [-0.39, 0.29) is 0 Å². The lowest BCUT2D eigenvalue weighted by molar-refractivity contribution is 0.366. The molecular weight excluding hydrogens is 451 g/mol. The normalized spacial score (nSPS) is 13.6. The van der Waals surface area contributed by atoms with Gasteiger partial charge >= 0.3 is 7.94 Å². The van der Waals surface area contributed by atoms with Crippen molar-refractivity contribution in [2.24, 2.45) is 0 Å². The first-order chi connectivity index (χ1) is 14.5. The highest BCUT2D eigenvalue weighted by molar-refractivity contribution is 9.12. The van der Waals surface area contributed by atoms with E-state index >= 15 is 0 Å². The average molecular weight is 474 g/mol. The second-order valence-corrected chi connectivity index (χ2v) is 13.1. The molecule has 0 aliphatic carbocycles. The summed E-state index contributed by atoms with van der Waals surface area (Å²) in [6.07, 6.45) is 0. The van der Waals surface area contributed by atoms with Gasteiger partial charge in [-0.05, 0) is 77.8 Å². The van der Waals surface area contributed by atoms with Crippen molar-refractivity contribution in [3.8, 4) is 17.2 Å². The Morgan fingerprint density at radius 3 is 1.23 bits per heavy atom. The second-order valence-electron chi connectivity index (χ2n) is 6.91. The zero-order valence-electron chi connectivity index (χ0n) is 16.9. The van der Waals surface area contributed by atoms with Crippen LogP contribution >= 0.6 is 39.4 Å². The Bertz CT molecular complexity index is 903. The van der Waals surface area contributed by atoms with Crippen molar-refractivity contribution in [1.82, 2.24) is 0 Å². The molecule has 0 amide bonds. The van der Waals surface area contributed by atoms with Gasteiger partial charge in [0.25, 0.3) is 4.65 Å². The molecule has 0 unspecified atom stereocenters. The molecule has 0 saturated heterocycles. The smallest absolute Gasteiger partial charge is 0.267 e. The van der Waals surface area contributed by atoms with E-state index in [4.69, 9.17) is 13.6 Å². The molecule has 3 nitrogen and oxygen atoms in total. The van der Waals surface area contributed by atoms with E-state index in [1.54, 1.807) is 31.4 Å². The minimum absolute atomic E-state index is 0.719. The van der Waals surface area contributed by atoms with Crippen LogP contribution in [0.2, 0.25) is 0 Å². The topological polar surface area (TPSA) is 27.7 Å². The number of hydrogen-bond acceptors (Lipinski definition) is 6. The van der Waals surface area contributed by atoms with Crippen molar-refractivity contribution in [1.29, 1.82) is 0 Å². The first-order valence-electron chi connectivity index (χ1n) is 9.41. The van der Waals surface area contributed by atoms with Gasteiger partial charge in [-0.2, -0.15) is 0 Å². The highest BCUT2D eigenvalue weighted by atomic mass is 33.5. The van der Waals surface area contributed by atoms with Gasteiger partial charge in [0.15, 0.2) is 17.2 Å². The predicted molar refractivity (Wildman–Crippen MR) is 133 cm³/mol. The number of hydrogen-bond donors (Lipinski definition) is 0. The lowest BCUT2D eigenvalue weighted by atomic mass is 10.2. The third-order valence-electron chi connectivity index (χ3n) is 4.32. The van der Waals surface area contributed by atoms with E-state index in [9.17, 15) is 0 Å². The number of benzene rings is 3. The minimum atomic E-state index is -2.97. The molecule has 1 aliphatic heterocycles. The van der Waals surface area contributed by atoms with Crippen LogP contribution in [0.3, 0.4) is 0 Å². The molecule has 0 N–H and O–H groups in total. The molecule has 4 rings (SSSR count). The molecule has 0 saturated carbocycles. The Morgan fingerprint density at radius 2 is 0.933 bits per heavy atom. The lowest BCUT2D eigenvalue weighted by Gasteiger charge is -2.22. The van der Waals surface area contributed by atoms with E-state index in [0.29, 0.717) is 0 Å². The van der Waals surface area contributed by atoms with Crippen molar-refractivity contribution >= 4 is 39.4 Å². The Hall–Kier alpha value is -1.72. The summed E-state index contributed by atoms with van der Waals surface area (Å²) in [5.74, 6) is 2.16. The first kappa shape index (κ1) is 21.5. The van der Waals surface area contributed by atoms with Gasteiger partial charge in [-0.1, -0.05) is 53.1 Å². The van der Waals surface area contributed by atoms with Crippen molar-refractivity contribution in [3.63, 3.8) is 0 Å². The summed E-state index contributed by atoms with van der Waals surface area (Å²) >= 11 is 0. The van der Waals surface area contributed by atoms with E-state index < -0.39 is 7.94 Å². The summed E-state index contributed by atoms with van der Waals surface area (Å²) in [6.45, 7) is 6.17. The summed E-state index contributed by atoms with van der Waals surface area (Å²) in [5, 5.41) is 2.07.